The van der Waals surface area contributed by atoms with Gasteiger partial charge in [0, 0.05) is 39.6 Å². The van der Waals surface area contributed by atoms with Crippen molar-refractivity contribution in [3.05, 3.63) is 197 Å². The van der Waals surface area contributed by atoms with Crippen molar-refractivity contribution in [2.75, 3.05) is 0 Å². The van der Waals surface area contributed by atoms with Crippen molar-refractivity contribution in [3.63, 3.8) is 0 Å². The quantitative estimate of drug-likeness (QED) is 0.186. The lowest BCUT2D eigenvalue weighted by Gasteiger charge is -2.41. The Hall–Kier alpha value is -6.04. The lowest BCUT2D eigenvalue weighted by Crippen LogP contribution is -2.39. The zero-order valence-corrected chi connectivity index (χ0v) is 29.5. The van der Waals surface area contributed by atoms with Gasteiger partial charge in [0.05, 0.1) is 17.4 Å². The second-order valence-corrected chi connectivity index (χ2v) is 14.4. The highest BCUT2D eigenvalue weighted by Gasteiger charge is 2.43. The highest BCUT2D eigenvalue weighted by Crippen LogP contribution is 2.49. The van der Waals surface area contributed by atoms with E-state index in [0.29, 0.717) is 0 Å². The molecule has 4 unspecified atom stereocenters. The Labute approximate surface area is 310 Å². The third-order valence-corrected chi connectivity index (χ3v) is 11.1. The molecule has 5 nitrogen and oxygen atoms in total. The lowest BCUT2D eigenvalue weighted by atomic mass is 9.73. The van der Waals surface area contributed by atoms with Crippen LogP contribution in [0, 0.1) is 5.92 Å². The molecule has 0 saturated carbocycles. The summed E-state index contributed by atoms with van der Waals surface area (Å²) in [6.45, 7) is 0. The van der Waals surface area contributed by atoms with Gasteiger partial charge in [-0.2, -0.15) is 0 Å². The largest absolute Gasteiger partial charge is 0.377 e. The molecule has 4 atom stereocenters. The molecule has 0 amide bonds. The van der Waals surface area contributed by atoms with Crippen LogP contribution in [-0.2, 0) is 4.74 Å². The summed E-state index contributed by atoms with van der Waals surface area (Å²) >= 11 is 0. The summed E-state index contributed by atoms with van der Waals surface area (Å²) in [5.41, 5.74) is 15.2. The van der Waals surface area contributed by atoms with Crippen LogP contribution in [0.5, 0.6) is 0 Å². The summed E-state index contributed by atoms with van der Waals surface area (Å²) in [6.07, 6.45) is 19.6. The molecule has 5 aliphatic rings. The number of hydrogen-bond donors (Lipinski definition) is 2. The monoisotopic (exact) mass is 688 g/mol. The molecule has 10 rings (SSSR count). The van der Waals surface area contributed by atoms with Crippen LogP contribution in [0.1, 0.15) is 54.6 Å². The summed E-state index contributed by atoms with van der Waals surface area (Å²) in [5, 5.41) is 7.77. The molecular weight excluding hydrogens is 649 g/mol. The van der Waals surface area contributed by atoms with Crippen LogP contribution in [0.25, 0.3) is 39.5 Å². The summed E-state index contributed by atoms with van der Waals surface area (Å²) in [4.78, 5) is 10.3. The summed E-state index contributed by atoms with van der Waals surface area (Å²) in [6, 6.07) is 40.7. The first-order valence-corrected chi connectivity index (χ1v) is 18.8. The Morgan fingerprint density at radius 3 is 2.19 bits per heavy atom. The Kier molecular flexibility index (Phi) is 8.07. The molecule has 5 aromatic rings. The van der Waals surface area contributed by atoms with Crippen LogP contribution in [0.2, 0.25) is 0 Å². The summed E-state index contributed by atoms with van der Waals surface area (Å²) in [5.74, 6) is 1.01. The molecule has 2 aliphatic heterocycles. The molecule has 5 heteroatoms. The first kappa shape index (κ1) is 31.7. The zero-order chi connectivity index (χ0) is 35.1. The molecule has 4 aromatic carbocycles. The average Bonchev–Trinajstić information content (AvgIpc) is 3.69. The molecule has 1 aromatic heterocycles. The molecule has 2 N–H and O–H groups in total. The summed E-state index contributed by atoms with van der Waals surface area (Å²) in [7, 11) is 0. The van der Waals surface area contributed by atoms with E-state index in [-0.39, 0.29) is 24.3 Å². The first-order valence-electron chi connectivity index (χ1n) is 18.8. The molecule has 258 valence electrons. The van der Waals surface area contributed by atoms with E-state index in [9.17, 15) is 0 Å². The Morgan fingerprint density at radius 2 is 1.38 bits per heavy atom. The maximum absolute atomic E-state index is 6.62. The third-order valence-electron chi connectivity index (χ3n) is 11.1. The highest BCUT2D eigenvalue weighted by atomic mass is 16.5. The molecule has 0 bridgehead atoms. The Morgan fingerprint density at radius 1 is 0.623 bits per heavy atom. The maximum Gasteiger partial charge on any atom is 0.160 e. The topological polar surface area (TPSA) is 59.1 Å². The number of aromatic nitrogens is 2. The van der Waals surface area contributed by atoms with Crippen molar-refractivity contribution >= 4 is 5.57 Å². The minimum atomic E-state index is -0.141. The van der Waals surface area contributed by atoms with Gasteiger partial charge in [-0.1, -0.05) is 140 Å². The SMILES string of the molecule is C1=CCCC(c2cccc(-c3cc(-c4ccc(C5NC6=CC=CCC6C6=C7NC(c8ccccc8)OC7CC=C65)cc4)nc(-c4ccccc4)n3)c2)=C1. The van der Waals surface area contributed by atoms with E-state index in [2.05, 4.69) is 150 Å². The minimum Gasteiger partial charge on any atom is -0.377 e. The molecule has 0 radical (unpaired) electrons. The van der Waals surface area contributed by atoms with Gasteiger partial charge in [0.2, 0.25) is 0 Å². The Bertz CT molecular complexity index is 2380. The number of nitrogens with one attached hydrogen (secondary N) is 2. The molecule has 3 heterocycles. The number of benzene rings is 4. The van der Waals surface area contributed by atoms with Crippen molar-refractivity contribution < 1.29 is 4.74 Å². The van der Waals surface area contributed by atoms with Crippen molar-refractivity contribution in [3.8, 4) is 33.9 Å². The number of hydrogen-bond acceptors (Lipinski definition) is 5. The van der Waals surface area contributed by atoms with Gasteiger partial charge in [-0.15, -0.1) is 0 Å². The number of allylic oxidation sites excluding steroid dienone is 8. The van der Waals surface area contributed by atoms with E-state index in [1.54, 1.807) is 0 Å². The minimum absolute atomic E-state index is 0.0339. The first-order chi connectivity index (χ1) is 26.2. The number of rotatable bonds is 6. The molecule has 53 heavy (non-hydrogen) atoms. The second kappa shape index (κ2) is 13.5. The van der Waals surface area contributed by atoms with E-state index in [1.165, 1.54) is 39.2 Å². The second-order valence-electron chi connectivity index (χ2n) is 14.4. The predicted molar refractivity (Wildman–Crippen MR) is 213 cm³/mol. The average molecular weight is 689 g/mol. The van der Waals surface area contributed by atoms with Crippen LogP contribution in [0.4, 0.5) is 0 Å². The molecule has 2 saturated heterocycles. The van der Waals surface area contributed by atoms with E-state index in [4.69, 9.17) is 14.7 Å². The van der Waals surface area contributed by atoms with Crippen LogP contribution in [-0.4, -0.2) is 16.1 Å². The number of nitrogens with zero attached hydrogens (tertiary/aromatic N) is 2. The fourth-order valence-corrected chi connectivity index (χ4v) is 8.46. The standard InChI is InChI=1S/C48H40N4O/c1-4-13-31(14-5-1)36-19-12-20-37(29-36)42-30-41(50-47(51-42)34-15-6-2-7-16-34)32-23-25-33(26-24-32)45-39-27-28-43-46(44(39)38-21-10-11-22-40(38)49-45)52-48(53-43)35-17-8-3-9-18-35/h1-4,6-13,15-20,22-27,29-30,38,43,45,48-49,52H,5,14,21,28H2. The van der Waals surface area contributed by atoms with Gasteiger partial charge < -0.3 is 15.4 Å². The lowest BCUT2D eigenvalue weighted by molar-refractivity contribution is 0.0451. The number of fused-ring (bicyclic) bond motifs is 4. The van der Waals surface area contributed by atoms with Crippen LogP contribution < -0.4 is 10.6 Å². The van der Waals surface area contributed by atoms with Gasteiger partial charge in [-0.25, -0.2) is 9.97 Å². The van der Waals surface area contributed by atoms with Crippen molar-refractivity contribution in [1.82, 2.24) is 20.6 Å². The van der Waals surface area contributed by atoms with Gasteiger partial charge in [-0.3, -0.25) is 0 Å². The fraction of sp³-hybridized carbons (Fsp3) is 0.167. The van der Waals surface area contributed by atoms with Crippen LogP contribution in [0.15, 0.2) is 180 Å². The Balaban J connectivity index is 1.01. The van der Waals surface area contributed by atoms with Crippen LogP contribution >= 0.6 is 0 Å². The van der Waals surface area contributed by atoms with Gasteiger partial charge in [-0.05, 0) is 71.7 Å². The van der Waals surface area contributed by atoms with Gasteiger partial charge in [0.1, 0.15) is 6.10 Å². The number of ether oxygens (including phenoxy) is 1. The molecule has 0 spiro atoms. The fourth-order valence-electron chi connectivity index (χ4n) is 8.46. The number of piperidine rings is 1. The third kappa shape index (κ3) is 5.97. The van der Waals surface area contributed by atoms with Gasteiger partial charge >= 0.3 is 0 Å². The van der Waals surface area contributed by atoms with E-state index in [0.717, 1.165) is 65.1 Å². The van der Waals surface area contributed by atoms with Crippen molar-refractivity contribution in [2.24, 2.45) is 5.92 Å². The molecule has 3 aliphatic carbocycles. The zero-order valence-electron chi connectivity index (χ0n) is 29.5. The predicted octanol–water partition coefficient (Wildman–Crippen LogP) is 10.6. The van der Waals surface area contributed by atoms with Crippen LogP contribution in [0.3, 0.4) is 0 Å². The molecule has 2 fully saturated rings. The van der Waals surface area contributed by atoms with Crippen molar-refractivity contribution in [2.45, 2.75) is 44.1 Å². The van der Waals surface area contributed by atoms with E-state index >= 15 is 0 Å². The van der Waals surface area contributed by atoms with E-state index < -0.39 is 0 Å². The normalized spacial score (nSPS) is 22.8. The summed E-state index contributed by atoms with van der Waals surface area (Å²) < 4.78 is 6.62. The van der Waals surface area contributed by atoms with Gasteiger partial charge in [0.15, 0.2) is 12.1 Å². The molecular formula is C48H40N4O. The van der Waals surface area contributed by atoms with Gasteiger partial charge in [0.25, 0.3) is 0 Å². The van der Waals surface area contributed by atoms with Crippen molar-refractivity contribution in [1.29, 1.82) is 0 Å². The van der Waals surface area contributed by atoms with E-state index in [1.807, 2.05) is 18.2 Å². The maximum atomic E-state index is 6.62. The smallest absolute Gasteiger partial charge is 0.160 e. The highest BCUT2D eigenvalue weighted by molar-refractivity contribution is 5.76.